The minimum Gasteiger partial charge on any atom is -0.369 e. The van der Waals surface area contributed by atoms with Crippen LogP contribution in [0.5, 0.6) is 0 Å². The molecule has 0 unspecified atom stereocenters. The fraction of sp³-hybridized carbons (Fsp3) is 0.389. The van der Waals surface area contributed by atoms with Crippen LogP contribution in [0.25, 0.3) is 16.7 Å². The van der Waals surface area contributed by atoms with E-state index in [1.807, 2.05) is 19.9 Å². The van der Waals surface area contributed by atoms with Crippen LogP contribution in [0.1, 0.15) is 20.3 Å². The minimum atomic E-state index is -0.471. The Morgan fingerprint density at radius 2 is 2.00 bits per heavy atom. The van der Waals surface area contributed by atoms with Crippen molar-refractivity contribution in [1.82, 2.24) is 24.5 Å². The normalized spacial score (nSPS) is 11.4. The van der Waals surface area contributed by atoms with Gasteiger partial charge >= 0.3 is 0 Å². The van der Waals surface area contributed by atoms with Crippen molar-refractivity contribution >= 4 is 40.3 Å². The van der Waals surface area contributed by atoms with Crippen LogP contribution in [0.2, 0.25) is 0 Å². The fourth-order valence-corrected chi connectivity index (χ4v) is 3.46. The predicted molar refractivity (Wildman–Crippen MR) is 107 cm³/mol. The molecule has 2 aromatic heterocycles. The van der Waals surface area contributed by atoms with Gasteiger partial charge in [0, 0.05) is 19.5 Å². The summed E-state index contributed by atoms with van der Waals surface area (Å²) >= 11 is 1.15. The largest absolute Gasteiger partial charge is 0.369 e. The van der Waals surface area contributed by atoms with E-state index in [9.17, 15) is 14.4 Å². The van der Waals surface area contributed by atoms with Gasteiger partial charge in [-0.3, -0.25) is 23.4 Å². The highest BCUT2D eigenvalue weighted by molar-refractivity contribution is 7.99. The molecule has 0 aliphatic rings. The maximum Gasteiger partial charge on any atom is 0.262 e. The average molecular weight is 402 g/mol. The quantitative estimate of drug-likeness (QED) is 0.537. The standard InChI is InChI=1S/C18H22N6O3S/c1-11(2)9-20-15(26)7-8-23-16(27)12-5-3-4-6-13(12)24-17(23)21-22-18(24)28-10-14(19)25/h3-6,11H,7-10H2,1-2H3,(H2,19,25)(H,20,26). The summed E-state index contributed by atoms with van der Waals surface area (Å²) in [5.41, 5.74) is 5.64. The summed E-state index contributed by atoms with van der Waals surface area (Å²) in [5.74, 6) is 0.120. The van der Waals surface area contributed by atoms with Crippen LogP contribution >= 0.6 is 11.8 Å². The van der Waals surface area contributed by atoms with E-state index in [0.717, 1.165) is 11.8 Å². The minimum absolute atomic E-state index is 0.0475. The number of hydrogen-bond donors (Lipinski definition) is 2. The Morgan fingerprint density at radius 1 is 1.25 bits per heavy atom. The first kappa shape index (κ1) is 19.9. The average Bonchev–Trinajstić information content (AvgIpc) is 3.08. The van der Waals surface area contributed by atoms with Gasteiger partial charge in [-0.25, -0.2) is 0 Å². The molecule has 3 aromatic rings. The molecule has 0 aliphatic carbocycles. The highest BCUT2D eigenvalue weighted by Gasteiger charge is 2.17. The third-order valence-electron chi connectivity index (χ3n) is 4.09. The first-order valence-electron chi connectivity index (χ1n) is 8.93. The number of benzene rings is 1. The SMILES string of the molecule is CC(C)CNC(=O)CCn1c(=O)c2ccccc2n2c(SCC(N)=O)nnc12. The van der Waals surface area contributed by atoms with Crippen molar-refractivity contribution < 1.29 is 9.59 Å². The lowest BCUT2D eigenvalue weighted by Gasteiger charge is -2.12. The number of amides is 2. The van der Waals surface area contributed by atoms with E-state index in [0.29, 0.717) is 34.3 Å². The van der Waals surface area contributed by atoms with Crippen molar-refractivity contribution in [3.05, 3.63) is 34.6 Å². The zero-order valence-corrected chi connectivity index (χ0v) is 16.5. The first-order valence-corrected chi connectivity index (χ1v) is 9.91. The van der Waals surface area contributed by atoms with Crippen molar-refractivity contribution in [3.8, 4) is 0 Å². The molecule has 0 fully saturated rings. The number of para-hydroxylation sites is 1. The Labute approximate surface area is 165 Å². The maximum atomic E-state index is 13.0. The molecule has 28 heavy (non-hydrogen) atoms. The Hall–Kier alpha value is -2.88. The highest BCUT2D eigenvalue weighted by atomic mass is 32.2. The van der Waals surface area contributed by atoms with Crippen LogP contribution in [-0.4, -0.2) is 43.3 Å². The van der Waals surface area contributed by atoms with Gasteiger partial charge in [0.15, 0.2) is 5.16 Å². The topological polar surface area (TPSA) is 124 Å². The summed E-state index contributed by atoms with van der Waals surface area (Å²) in [4.78, 5) is 36.2. The molecule has 148 valence electrons. The summed E-state index contributed by atoms with van der Waals surface area (Å²) in [5, 5.41) is 12.0. The molecule has 3 rings (SSSR count). The number of nitrogens with two attached hydrogens (primary N) is 1. The summed E-state index contributed by atoms with van der Waals surface area (Å²) in [6, 6.07) is 7.10. The Bertz CT molecular complexity index is 1090. The molecule has 2 amide bonds. The van der Waals surface area contributed by atoms with Crippen LogP contribution in [0.4, 0.5) is 0 Å². The number of carbonyl (C=O) groups is 2. The lowest BCUT2D eigenvalue weighted by atomic mass is 10.2. The van der Waals surface area contributed by atoms with Crippen molar-refractivity contribution in [2.45, 2.75) is 32.0 Å². The number of aryl methyl sites for hydroxylation is 1. The second kappa shape index (κ2) is 8.42. The first-order chi connectivity index (χ1) is 13.4. The molecule has 3 N–H and O–H groups in total. The number of primary amides is 1. The Kier molecular flexibility index (Phi) is 5.98. The van der Waals surface area contributed by atoms with Crippen molar-refractivity contribution in [3.63, 3.8) is 0 Å². The smallest absolute Gasteiger partial charge is 0.262 e. The van der Waals surface area contributed by atoms with Crippen LogP contribution in [-0.2, 0) is 16.1 Å². The second-order valence-electron chi connectivity index (χ2n) is 6.79. The summed E-state index contributed by atoms with van der Waals surface area (Å²) in [6.45, 7) is 4.79. The van der Waals surface area contributed by atoms with Gasteiger partial charge in [-0.05, 0) is 18.1 Å². The zero-order valence-electron chi connectivity index (χ0n) is 15.7. The van der Waals surface area contributed by atoms with Gasteiger partial charge in [0.05, 0.1) is 16.7 Å². The lowest BCUT2D eigenvalue weighted by molar-refractivity contribution is -0.121. The maximum absolute atomic E-state index is 13.0. The third kappa shape index (κ3) is 4.16. The molecule has 9 nitrogen and oxygen atoms in total. The number of carbonyl (C=O) groups excluding carboxylic acids is 2. The number of nitrogens with one attached hydrogen (secondary N) is 1. The van der Waals surface area contributed by atoms with E-state index in [2.05, 4.69) is 15.5 Å². The van der Waals surface area contributed by atoms with Crippen molar-refractivity contribution in [2.75, 3.05) is 12.3 Å². The van der Waals surface area contributed by atoms with Gasteiger partial charge in [0.1, 0.15) is 0 Å². The van der Waals surface area contributed by atoms with Crippen LogP contribution in [0.3, 0.4) is 0 Å². The third-order valence-corrected chi connectivity index (χ3v) is 5.04. The molecule has 0 saturated heterocycles. The monoisotopic (exact) mass is 402 g/mol. The summed E-state index contributed by atoms with van der Waals surface area (Å²) in [7, 11) is 0. The lowest BCUT2D eigenvalue weighted by Crippen LogP contribution is -2.30. The number of nitrogens with zero attached hydrogens (tertiary/aromatic N) is 4. The van der Waals surface area contributed by atoms with E-state index in [-0.39, 0.29) is 30.2 Å². The zero-order chi connectivity index (χ0) is 20.3. The van der Waals surface area contributed by atoms with E-state index in [4.69, 9.17) is 5.73 Å². The molecule has 0 aliphatic heterocycles. The molecule has 0 atom stereocenters. The number of rotatable bonds is 8. The summed E-state index contributed by atoms with van der Waals surface area (Å²) in [6.07, 6.45) is 0.150. The fourth-order valence-electron chi connectivity index (χ4n) is 2.78. The summed E-state index contributed by atoms with van der Waals surface area (Å²) < 4.78 is 3.16. The van der Waals surface area contributed by atoms with Crippen LogP contribution in [0, 0.1) is 5.92 Å². The van der Waals surface area contributed by atoms with Crippen molar-refractivity contribution in [2.24, 2.45) is 11.7 Å². The van der Waals surface area contributed by atoms with Gasteiger partial charge in [-0.1, -0.05) is 37.7 Å². The molecule has 0 saturated carbocycles. The van der Waals surface area contributed by atoms with E-state index in [1.165, 1.54) is 4.57 Å². The van der Waals surface area contributed by atoms with Gasteiger partial charge in [0.2, 0.25) is 17.6 Å². The number of hydrogen-bond acceptors (Lipinski definition) is 6. The van der Waals surface area contributed by atoms with Crippen molar-refractivity contribution in [1.29, 1.82) is 0 Å². The number of aromatic nitrogens is 4. The molecule has 0 bridgehead atoms. The van der Waals surface area contributed by atoms with Gasteiger partial charge < -0.3 is 11.1 Å². The Morgan fingerprint density at radius 3 is 2.71 bits per heavy atom. The van der Waals surface area contributed by atoms with E-state index < -0.39 is 5.91 Å². The predicted octanol–water partition coefficient (Wildman–Crippen LogP) is 0.784. The van der Waals surface area contributed by atoms with E-state index >= 15 is 0 Å². The van der Waals surface area contributed by atoms with Gasteiger partial charge in [0.25, 0.3) is 5.56 Å². The number of thioether (sulfide) groups is 1. The molecular weight excluding hydrogens is 380 g/mol. The molecule has 1 aromatic carbocycles. The van der Waals surface area contributed by atoms with Gasteiger partial charge in [-0.15, -0.1) is 10.2 Å². The molecule has 10 heteroatoms. The molecular formula is C18H22N6O3S. The Balaban J connectivity index is 2.01. The molecule has 0 radical (unpaired) electrons. The second-order valence-corrected chi connectivity index (χ2v) is 7.74. The van der Waals surface area contributed by atoms with E-state index in [1.54, 1.807) is 22.6 Å². The van der Waals surface area contributed by atoms with Crippen LogP contribution in [0.15, 0.2) is 34.2 Å². The molecule has 0 spiro atoms. The van der Waals surface area contributed by atoms with Gasteiger partial charge in [-0.2, -0.15) is 0 Å². The highest BCUT2D eigenvalue weighted by Crippen LogP contribution is 2.21. The molecule has 2 heterocycles. The number of fused-ring (bicyclic) bond motifs is 3. The van der Waals surface area contributed by atoms with Crippen LogP contribution < -0.4 is 16.6 Å².